The molecule has 0 aromatic heterocycles. The third kappa shape index (κ3) is 3.87. The van der Waals surface area contributed by atoms with Crippen LogP contribution >= 0.6 is 0 Å². The highest BCUT2D eigenvalue weighted by molar-refractivity contribution is 6.00. The van der Waals surface area contributed by atoms with E-state index in [-0.39, 0.29) is 5.69 Å². The minimum atomic E-state index is -0.557. The van der Waals surface area contributed by atoms with Crippen molar-refractivity contribution in [1.29, 1.82) is 0 Å². The summed E-state index contributed by atoms with van der Waals surface area (Å²) in [4.78, 5) is 32.5. The van der Waals surface area contributed by atoms with E-state index in [0.29, 0.717) is 23.2 Å². The zero-order valence-corrected chi connectivity index (χ0v) is 10.8. The average Bonchev–Trinajstić information content (AvgIpc) is 2.47. The Morgan fingerprint density at radius 3 is 2.29 bits per heavy atom. The Hall–Kier alpha value is -3.22. The van der Waals surface area contributed by atoms with Gasteiger partial charge in [-0.2, -0.15) is 0 Å². The first-order valence-electron chi connectivity index (χ1n) is 5.96. The SMILES string of the molecule is O=Cc1cccc(NC(=O)Nc2cccc([N+](=O)[O-])c2)c1. The molecule has 2 amide bonds. The maximum atomic E-state index is 11.8. The number of carbonyl (C=O) groups is 2. The number of nitrogens with zero attached hydrogens (tertiary/aromatic N) is 1. The zero-order chi connectivity index (χ0) is 15.2. The summed E-state index contributed by atoms with van der Waals surface area (Å²) in [6.45, 7) is 0. The quantitative estimate of drug-likeness (QED) is 0.512. The van der Waals surface area contributed by atoms with Crippen molar-refractivity contribution in [1.82, 2.24) is 0 Å². The Labute approximate surface area is 119 Å². The first-order chi connectivity index (χ1) is 10.1. The summed E-state index contributed by atoms with van der Waals surface area (Å²) in [6, 6.07) is 11.4. The highest BCUT2D eigenvalue weighted by Gasteiger charge is 2.08. The van der Waals surface area contributed by atoms with Gasteiger partial charge in [0.1, 0.15) is 6.29 Å². The number of rotatable bonds is 4. The minimum absolute atomic E-state index is 0.115. The molecule has 0 aliphatic heterocycles. The molecule has 2 N–H and O–H groups in total. The van der Waals surface area contributed by atoms with Gasteiger partial charge in [-0.1, -0.05) is 18.2 Å². The Bertz CT molecular complexity index is 700. The molecule has 0 heterocycles. The van der Waals surface area contributed by atoms with Gasteiger partial charge in [0, 0.05) is 29.1 Å². The number of nitro benzene ring substituents is 1. The Morgan fingerprint density at radius 2 is 1.67 bits per heavy atom. The second-order valence-electron chi connectivity index (χ2n) is 4.13. The Morgan fingerprint density at radius 1 is 1.05 bits per heavy atom. The fourth-order valence-electron chi connectivity index (χ4n) is 1.68. The molecular weight excluding hydrogens is 274 g/mol. The first kappa shape index (κ1) is 14.2. The van der Waals surface area contributed by atoms with Crippen molar-refractivity contribution in [2.45, 2.75) is 0 Å². The highest BCUT2D eigenvalue weighted by Crippen LogP contribution is 2.17. The third-order valence-electron chi connectivity index (χ3n) is 2.60. The van der Waals surface area contributed by atoms with E-state index in [1.54, 1.807) is 18.2 Å². The van der Waals surface area contributed by atoms with Gasteiger partial charge >= 0.3 is 6.03 Å². The molecule has 0 radical (unpaired) electrons. The molecule has 21 heavy (non-hydrogen) atoms. The van der Waals surface area contributed by atoms with E-state index in [1.807, 2.05) is 0 Å². The van der Waals surface area contributed by atoms with Crippen molar-refractivity contribution in [3.63, 3.8) is 0 Å². The molecule has 0 aliphatic rings. The fourth-order valence-corrected chi connectivity index (χ4v) is 1.68. The lowest BCUT2D eigenvalue weighted by atomic mass is 10.2. The normalized spacial score (nSPS) is 9.71. The van der Waals surface area contributed by atoms with Gasteiger partial charge in [-0.25, -0.2) is 4.79 Å². The average molecular weight is 285 g/mol. The predicted molar refractivity (Wildman–Crippen MR) is 77.6 cm³/mol. The van der Waals surface area contributed by atoms with Crippen molar-refractivity contribution < 1.29 is 14.5 Å². The second kappa shape index (κ2) is 6.29. The molecule has 0 saturated heterocycles. The number of aldehydes is 1. The van der Waals surface area contributed by atoms with Crippen LogP contribution in [0.3, 0.4) is 0 Å². The number of anilines is 2. The molecular formula is C14H11N3O4. The van der Waals surface area contributed by atoms with Crippen LogP contribution in [-0.2, 0) is 0 Å². The lowest BCUT2D eigenvalue weighted by Gasteiger charge is -2.07. The number of nitrogens with one attached hydrogen (secondary N) is 2. The van der Waals surface area contributed by atoms with Crippen LogP contribution in [0.1, 0.15) is 10.4 Å². The molecule has 2 aromatic carbocycles. The summed E-state index contributed by atoms with van der Waals surface area (Å²) in [5, 5.41) is 15.7. The number of benzene rings is 2. The molecule has 0 unspecified atom stereocenters. The van der Waals surface area contributed by atoms with E-state index in [2.05, 4.69) is 10.6 Å². The third-order valence-corrected chi connectivity index (χ3v) is 2.60. The minimum Gasteiger partial charge on any atom is -0.308 e. The lowest BCUT2D eigenvalue weighted by Crippen LogP contribution is -2.19. The zero-order valence-electron chi connectivity index (χ0n) is 10.8. The van der Waals surface area contributed by atoms with Crippen molar-refractivity contribution in [2.24, 2.45) is 0 Å². The molecule has 7 nitrogen and oxygen atoms in total. The van der Waals surface area contributed by atoms with Crippen molar-refractivity contribution in [3.8, 4) is 0 Å². The first-order valence-corrected chi connectivity index (χ1v) is 5.96. The summed E-state index contributed by atoms with van der Waals surface area (Å²) in [5.41, 5.74) is 1.06. The van der Waals surface area contributed by atoms with E-state index in [0.717, 1.165) is 0 Å². The number of urea groups is 1. The summed E-state index contributed by atoms with van der Waals surface area (Å²) in [7, 11) is 0. The van der Waals surface area contributed by atoms with Gasteiger partial charge in [0.2, 0.25) is 0 Å². The van der Waals surface area contributed by atoms with E-state index in [1.165, 1.54) is 30.3 Å². The number of hydrogen-bond acceptors (Lipinski definition) is 4. The van der Waals surface area contributed by atoms with Gasteiger partial charge in [0.15, 0.2) is 0 Å². The predicted octanol–water partition coefficient (Wildman–Crippen LogP) is 3.05. The molecule has 0 bridgehead atoms. The van der Waals surface area contributed by atoms with Crippen LogP contribution in [0.2, 0.25) is 0 Å². The van der Waals surface area contributed by atoms with Crippen LogP contribution in [-0.4, -0.2) is 17.2 Å². The topological polar surface area (TPSA) is 101 Å². The molecule has 2 aromatic rings. The van der Waals surface area contributed by atoms with Gasteiger partial charge in [-0.15, -0.1) is 0 Å². The molecule has 0 fully saturated rings. The van der Waals surface area contributed by atoms with Gasteiger partial charge in [0.05, 0.1) is 4.92 Å². The number of carbonyl (C=O) groups excluding carboxylic acids is 2. The van der Waals surface area contributed by atoms with Crippen LogP contribution < -0.4 is 10.6 Å². The summed E-state index contributed by atoms with van der Waals surface area (Å²) in [6.07, 6.45) is 0.670. The van der Waals surface area contributed by atoms with Crippen LogP contribution in [0.15, 0.2) is 48.5 Å². The van der Waals surface area contributed by atoms with Crippen molar-refractivity contribution >= 4 is 29.4 Å². The standard InChI is InChI=1S/C14H11N3O4/c18-9-10-3-1-4-11(7-10)15-14(19)16-12-5-2-6-13(8-12)17(20)21/h1-9H,(H2,15,16,19). The highest BCUT2D eigenvalue weighted by atomic mass is 16.6. The maximum absolute atomic E-state index is 11.8. The van der Waals surface area contributed by atoms with Crippen LogP contribution in [0.5, 0.6) is 0 Å². The van der Waals surface area contributed by atoms with E-state index in [9.17, 15) is 19.7 Å². The number of hydrogen-bond donors (Lipinski definition) is 2. The second-order valence-corrected chi connectivity index (χ2v) is 4.13. The largest absolute Gasteiger partial charge is 0.323 e. The summed E-state index contributed by atoms with van der Waals surface area (Å²) in [5.74, 6) is 0. The molecule has 2 rings (SSSR count). The van der Waals surface area contributed by atoms with Gasteiger partial charge in [-0.3, -0.25) is 14.9 Å². The van der Waals surface area contributed by atoms with Gasteiger partial charge in [-0.05, 0) is 18.2 Å². The number of nitro groups is 1. The molecule has 0 atom stereocenters. The smallest absolute Gasteiger partial charge is 0.308 e. The Kier molecular flexibility index (Phi) is 4.25. The van der Waals surface area contributed by atoms with Crippen molar-refractivity contribution in [2.75, 3.05) is 10.6 Å². The van der Waals surface area contributed by atoms with E-state index in [4.69, 9.17) is 0 Å². The number of non-ortho nitro benzene ring substituents is 1. The van der Waals surface area contributed by atoms with Gasteiger partial charge < -0.3 is 10.6 Å². The Balaban J connectivity index is 2.06. The summed E-state index contributed by atoms with van der Waals surface area (Å²) >= 11 is 0. The molecule has 0 aliphatic carbocycles. The van der Waals surface area contributed by atoms with E-state index >= 15 is 0 Å². The van der Waals surface area contributed by atoms with Crippen LogP contribution in [0.4, 0.5) is 21.9 Å². The molecule has 0 spiro atoms. The lowest BCUT2D eigenvalue weighted by molar-refractivity contribution is -0.384. The fraction of sp³-hybridized carbons (Fsp3) is 0. The maximum Gasteiger partial charge on any atom is 0.323 e. The van der Waals surface area contributed by atoms with Crippen LogP contribution in [0, 0.1) is 10.1 Å². The van der Waals surface area contributed by atoms with Gasteiger partial charge in [0.25, 0.3) is 5.69 Å². The molecule has 0 saturated carbocycles. The van der Waals surface area contributed by atoms with E-state index < -0.39 is 11.0 Å². The number of amides is 2. The molecule has 106 valence electrons. The summed E-state index contributed by atoms with van der Waals surface area (Å²) < 4.78 is 0. The van der Waals surface area contributed by atoms with Crippen LogP contribution in [0.25, 0.3) is 0 Å². The van der Waals surface area contributed by atoms with Crippen molar-refractivity contribution in [3.05, 3.63) is 64.2 Å². The molecule has 7 heteroatoms. The monoisotopic (exact) mass is 285 g/mol.